The summed E-state index contributed by atoms with van der Waals surface area (Å²) < 4.78 is 59.6. The Labute approximate surface area is 86.7 Å². The maximum Gasteiger partial charge on any atom is 0.505 e. The van der Waals surface area contributed by atoms with Gasteiger partial charge < -0.3 is 0 Å². The average Bonchev–Trinajstić information content (AvgIpc) is 2.00. The molecule has 0 fully saturated rings. The predicted molar refractivity (Wildman–Crippen MR) is 51.3 cm³/mol. The lowest BCUT2D eigenvalue weighted by molar-refractivity contribution is 0.439. The van der Waals surface area contributed by atoms with Crippen LogP contribution in [0.4, 0.5) is 5.69 Å². The van der Waals surface area contributed by atoms with Crippen LogP contribution in [0.25, 0.3) is 0 Å². The van der Waals surface area contributed by atoms with Crippen LogP contribution in [0.5, 0.6) is 0 Å². The highest BCUT2D eigenvalue weighted by atomic mass is 32.3. The Morgan fingerprint density at radius 1 is 0.867 bits per heavy atom. The van der Waals surface area contributed by atoms with Gasteiger partial charge in [-0.15, -0.1) is 16.8 Å². The van der Waals surface area contributed by atoms with E-state index >= 15 is 0 Å². The summed E-state index contributed by atoms with van der Waals surface area (Å²) in [6.07, 6.45) is 0. The number of hydrogen-bond donors (Lipinski definition) is 2. The van der Waals surface area contributed by atoms with E-state index in [-0.39, 0.29) is 5.69 Å². The van der Waals surface area contributed by atoms with Crippen molar-refractivity contribution in [1.82, 2.24) is 3.71 Å². The van der Waals surface area contributed by atoms with Crippen LogP contribution in [0, 0.1) is 0 Å². The van der Waals surface area contributed by atoms with Crippen molar-refractivity contribution in [2.24, 2.45) is 0 Å². The van der Waals surface area contributed by atoms with Crippen LogP contribution >= 0.6 is 0 Å². The van der Waals surface area contributed by atoms with E-state index in [1.165, 1.54) is 18.2 Å². The number of anilines is 1. The SMILES string of the molecule is O=S(=O)(O)[N+](c1ccccc1)S(=O)(=O)O. The molecular formula is C6H7NO6S2+. The fourth-order valence-electron chi connectivity index (χ4n) is 0.935. The molecule has 0 aliphatic rings. The van der Waals surface area contributed by atoms with E-state index < -0.39 is 24.3 Å². The van der Waals surface area contributed by atoms with E-state index in [1.54, 1.807) is 0 Å². The average molecular weight is 253 g/mol. The molecule has 0 spiro atoms. The lowest BCUT2D eigenvalue weighted by Gasteiger charge is -2.01. The van der Waals surface area contributed by atoms with Crippen molar-refractivity contribution in [3.8, 4) is 0 Å². The molecule has 0 aliphatic carbocycles. The van der Waals surface area contributed by atoms with Crippen LogP contribution in [0.15, 0.2) is 30.3 Å². The standard InChI is InChI=1S/C6H7NO6S2/c8-14(9,10)7(15(11,12)13)6-4-2-1-3-5-6/h1-5H,(H,8,9,10)(H,11,12,13)/q+1. The Morgan fingerprint density at radius 3 is 1.60 bits per heavy atom. The second-order valence-electron chi connectivity index (χ2n) is 2.49. The van der Waals surface area contributed by atoms with E-state index in [0.717, 1.165) is 12.1 Å². The van der Waals surface area contributed by atoms with E-state index in [9.17, 15) is 16.8 Å². The second kappa shape index (κ2) is 3.87. The molecule has 0 aromatic heterocycles. The smallest absolute Gasteiger partial charge is 0.236 e. The maximum absolute atomic E-state index is 10.7. The molecule has 0 unspecified atom stereocenters. The summed E-state index contributed by atoms with van der Waals surface area (Å²) in [5.74, 6) is 0. The van der Waals surface area contributed by atoms with Crippen LogP contribution in [-0.2, 0) is 20.6 Å². The van der Waals surface area contributed by atoms with Gasteiger partial charge in [0.1, 0.15) is 0 Å². The van der Waals surface area contributed by atoms with Crippen molar-refractivity contribution in [3.63, 3.8) is 0 Å². The number of nitrogens with zero attached hydrogens (tertiary/aromatic N) is 1. The molecule has 1 aromatic rings. The minimum Gasteiger partial charge on any atom is -0.236 e. The van der Waals surface area contributed by atoms with Gasteiger partial charge >= 0.3 is 20.6 Å². The highest BCUT2D eigenvalue weighted by molar-refractivity contribution is 8.00. The zero-order chi connectivity index (χ0) is 11.7. The summed E-state index contributed by atoms with van der Waals surface area (Å²) in [6, 6.07) is 6.40. The molecule has 0 saturated carbocycles. The first-order valence-electron chi connectivity index (χ1n) is 3.53. The van der Waals surface area contributed by atoms with Gasteiger partial charge in [-0.2, -0.15) is 0 Å². The molecule has 2 N–H and O–H groups in total. The maximum atomic E-state index is 10.7. The monoisotopic (exact) mass is 253 g/mol. The number of para-hydroxylation sites is 1. The molecule has 1 aromatic carbocycles. The molecule has 15 heavy (non-hydrogen) atoms. The Balaban J connectivity index is 3.41. The highest BCUT2D eigenvalue weighted by Gasteiger charge is 2.46. The van der Waals surface area contributed by atoms with E-state index in [4.69, 9.17) is 9.11 Å². The van der Waals surface area contributed by atoms with E-state index in [1.807, 2.05) is 0 Å². The Bertz CT molecular complexity index is 502. The summed E-state index contributed by atoms with van der Waals surface area (Å²) in [5, 5.41) is 0. The molecule has 7 nitrogen and oxygen atoms in total. The Morgan fingerprint density at radius 2 is 1.27 bits per heavy atom. The molecule has 0 aliphatic heterocycles. The third-order valence-corrected chi connectivity index (χ3v) is 3.78. The summed E-state index contributed by atoms with van der Waals surface area (Å²) >= 11 is 0. The van der Waals surface area contributed by atoms with Gasteiger partial charge in [-0.1, -0.05) is 18.2 Å². The fraction of sp³-hybridized carbons (Fsp3) is 0. The molecule has 0 saturated heterocycles. The van der Waals surface area contributed by atoms with Gasteiger partial charge in [-0.05, 0) is 0 Å². The summed E-state index contributed by atoms with van der Waals surface area (Å²) in [4.78, 5) is 0. The fourth-order valence-corrected chi connectivity index (χ4v) is 2.66. The van der Waals surface area contributed by atoms with Crippen molar-refractivity contribution >= 4 is 26.3 Å². The van der Waals surface area contributed by atoms with E-state index in [2.05, 4.69) is 0 Å². The minimum atomic E-state index is -5.08. The second-order valence-corrected chi connectivity index (χ2v) is 5.24. The number of rotatable bonds is 3. The molecule has 0 amide bonds. The van der Waals surface area contributed by atoms with Gasteiger partial charge in [0.25, 0.3) is 0 Å². The zero-order valence-electron chi connectivity index (χ0n) is 7.18. The summed E-state index contributed by atoms with van der Waals surface area (Å²) in [7, 11) is -10.2. The van der Waals surface area contributed by atoms with Crippen molar-refractivity contribution in [2.75, 3.05) is 0 Å². The number of hydrogen-bond acceptors (Lipinski definition) is 4. The van der Waals surface area contributed by atoms with Gasteiger partial charge in [0, 0.05) is 12.1 Å². The first kappa shape index (κ1) is 12.1. The van der Waals surface area contributed by atoms with Gasteiger partial charge in [0.2, 0.25) is 5.69 Å². The number of benzene rings is 1. The predicted octanol–water partition coefficient (Wildman–Crippen LogP) is 0.0638. The van der Waals surface area contributed by atoms with Gasteiger partial charge in [-0.3, -0.25) is 0 Å². The van der Waals surface area contributed by atoms with Gasteiger partial charge in [0.15, 0.2) is 3.71 Å². The lowest BCUT2D eigenvalue weighted by Crippen LogP contribution is -2.37. The van der Waals surface area contributed by atoms with Crippen LogP contribution < -0.4 is 3.71 Å². The van der Waals surface area contributed by atoms with E-state index in [0.29, 0.717) is 0 Å². The molecule has 0 atom stereocenters. The lowest BCUT2D eigenvalue weighted by atomic mass is 10.3. The Hall–Kier alpha value is -1.00. The van der Waals surface area contributed by atoms with Gasteiger partial charge in [0.05, 0.1) is 0 Å². The van der Waals surface area contributed by atoms with Crippen molar-refractivity contribution in [2.45, 2.75) is 0 Å². The summed E-state index contributed by atoms with van der Waals surface area (Å²) in [5.41, 5.74) is -0.387. The van der Waals surface area contributed by atoms with Crippen molar-refractivity contribution < 1.29 is 25.9 Å². The first-order chi connectivity index (χ1) is 6.73. The van der Waals surface area contributed by atoms with Crippen molar-refractivity contribution in [3.05, 3.63) is 30.3 Å². The first-order valence-corrected chi connectivity index (χ1v) is 6.33. The topological polar surface area (TPSA) is 115 Å². The van der Waals surface area contributed by atoms with Crippen LogP contribution in [0.3, 0.4) is 0 Å². The Kier molecular flexibility index (Phi) is 3.11. The largest absolute Gasteiger partial charge is 0.505 e. The highest BCUT2D eigenvalue weighted by Crippen LogP contribution is 2.18. The van der Waals surface area contributed by atoms with Crippen molar-refractivity contribution in [1.29, 1.82) is 0 Å². The molecule has 0 heterocycles. The van der Waals surface area contributed by atoms with Crippen LogP contribution in [0.1, 0.15) is 0 Å². The summed E-state index contributed by atoms with van der Waals surface area (Å²) in [6.45, 7) is 0. The third kappa shape index (κ3) is 2.97. The molecule has 9 heteroatoms. The van der Waals surface area contributed by atoms with Gasteiger partial charge in [-0.25, -0.2) is 9.11 Å². The molecule has 1 radical (unpaired) electrons. The van der Waals surface area contributed by atoms with Crippen LogP contribution in [-0.4, -0.2) is 25.9 Å². The molecular weight excluding hydrogens is 246 g/mol. The molecule has 1 rings (SSSR count). The quantitative estimate of drug-likeness (QED) is 0.581. The zero-order valence-corrected chi connectivity index (χ0v) is 8.81. The normalized spacial score (nSPS) is 13.0. The molecule has 0 bridgehead atoms. The third-order valence-electron chi connectivity index (χ3n) is 1.39. The van der Waals surface area contributed by atoms with Crippen LogP contribution in [0.2, 0.25) is 0 Å². The minimum absolute atomic E-state index is 0.387. The molecule has 83 valence electrons.